The molecular formula is C15H17BrIN3O. The van der Waals surface area contributed by atoms with E-state index < -0.39 is 0 Å². The van der Waals surface area contributed by atoms with Crippen LogP contribution in [0.15, 0.2) is 41.1 Å². The normalized spacial score (nSPS) is 12.5. The largest absolute Gasteiger partial charge is 0.489 e. The Bertz CT molecular complexity index is 622. The van der Waals surface area contributed by atoms with Gasteiger partial charge in [0.2, 0.25) is 0 Å². The van der Waals surface area contributed by atoms with Crippen molar-refractivity contribution >= 4 is 38.5 Å². The predicted octanol–water partition coefficient (Wildman–Crippen LogP) is 3.79. The minimum Gasteiger partial charge on any atom is -0.489 e. The number of nitrogens with zero attached hydrogens (tertiary/aromatic N) is 1. The highest BCUT2D eigenvalue weighted by Crippen LogP contribution is 2.30. The number of hydrogen-bond acceptors (Lipinski definition) is 4. The Morgan fingerprint density at radius 2 is 2.05 bits per heavy atom. The van der Waals surface area contributed by atoms with Crippen molar-refractivity contribution in [2.75, 3.05) is 0 Å². The van der Waals surface area contributed by atoms with Gasteiger partial charge >= 0.3 is 0 Å². The zero-order chi connectivity index (χ0) is 15.4. The molecule has 0 saturated carbocycles. The molecule has 0 aliphatic heterocycles. The maximum atomic E-state index is 5.77. The zero-order valence-electron chi connectivity index (χ0n) is 11.8. The van der Waals surface area contributed by atoms with Crippen molar-refractivity contribution in [3.05, 3.63) is 55.8 Å². The summed E-state index contributed by atoms with van der Waals surface area (Å²) < 4.78 is 7.84. The second kappa shape index (κ2) is 7.53. The molecule has 0 fully saturated rings. The number of aromatic nitrogens is 1. The molecular weight excluding hydrogens is 445 g/mol. The van der Waals surface area contributed by atoms with Crippen LogP contribution in [0.2, 0.25) is 0 Å². The van der Waals surface area contributed by atoms with E-state index in [-0.39, 0.29) is 12.1 Å². The van der Waals surface area contributed by atoms with Gasteiger partial charge in [0.25, 0.3) is 0 Å². The summed E-state index contributed by atoms with van der Waals surface area (Å²) in [7, 11) is 0. The van der Waals surface area contributed by atoms with Crippen molar-refractivity contribution in [3.63, 3.8) is 0 Å². The first kappa shape index (κ1) is 16.7. The Morgan fingerprint density at radius 1 is 1.29 bits per heavy atom. The number of nitrogens with two attached hydrogens (primary N) is 1. The highest BCUT2D eigenvalue weighted by Gasteiger charge is 2.17. The van der Waals surface area contributed by atoms with Crippen LogP contribution in [-0.2, 0) is 0 Å². The smallest absolute Gasteiger partial charge is 0.138 e. The van der Waals surface area contributed by atoms with Gasteiger partial charge in [-0.15, -0.1) is 0 Å². The summed E-state index contributed by atoms with van der Waals surface area (Å²) in [4.78, 5) is 4.25. The summed E-state index contributed by atoms with van der Waals surface area (Å²) in [6, 6.07) is 7.95. The Balaban J connectivity index is 2.39. The van der Waals surface area contributed by atoms with Gasteiger partial charge in [-0.05, 0) is 71.8 Å². The molecule has 1 heterocycles. The van der Waals surface area contributed by atoms with E-state index in [4.69, 9.17) is 10.6 Å². The van der Waals surface area contributed by atoms with E-state index >= 15 is 0 Å². The van der Waals surface area contributed by atoms with Gasteiger partial charge in [-0.1, -0.05) is 15.9 Å². The molecule has 1 atom stereocenters. The SMILES string of the molecule is CC(C)Oc1cncc(C(NN)c2cc(I)ccc2Br)c1. The van der Waals surface area contributed by atoms with Gasteiger partial charge in [-0.25, -0.2) is 5.43 Å². The van der Waals surface area contributed by atoms with E-state index in [9.17, 15) is 0 Å². The molecule has 6 heteroatoms. The number of pyridine rings is 1. The predicted molar refractivity (Wildman–Crippen MR) is 96.0 cm³/mol. The minimum atomic E-state index is -0.155. The summed E-state index contributed by atoms with van der Waals surface area (Å²) in [5.74, 6) is 6.51. The fourth-order valence-electron chi connectivity index (χ4n) is 2.03. The summed E-state index contributed by atoms with van der Waals surface area (Å²) in [6.07, 6.45) is 3.61. The fourth-order valence-corrected chi connectivity index (χ4v) is 3.02. The first-order valence-corrected chi connectivity index (χ1v) is 8.41. The average molecular weight is 462 g/mol. The molecule has 21 heavy (non-hydrogen) atoms. The number of benzene rings is 1. The summed E-state index contributed by atoms with van der Waals surface area (Å²) in [5, 5.41) is 0. The molecule has 0 radical (unpaired) electrons. The maximum Gasteiger partial charge on any atom is 0.138 e. The van der Waals surface area contributed by atoms with Crippen LogP contribution in [0.5, 0.6) is 5.75 Å². The monoisotopic (exact) mass is 461 g/mol. The van der Waals surface area contributed by atoms with E-state index in [1.165, 1.54) is 0 Å². The summed E-state index contributed by atoms with van der Waals surface area (Å²) >= 11 is 5.86. The van der Waals surface area contributed by atoms with E-state index in [1.54, 1.807) is 12.4 Å². The lowest BCUT2D eigenvalue weighted by Gasteiger charge is -2.19. The molecule has 1 aromatic heterocycles. The van der Waals surface area contributed by atoms with Crippen molar-refractivity contribution in [3.8, 4) is 5.75 Å². The maximum absolute atomic E-state index is 5.77. The lowest BCUT2D eigenvalue weighted by molar-refractivity contribution is 0.241. The van der Waals surface area contributed by atoms with Gasteiger partial charge in [0.15, 0.2) is 0 Å². The molecule has 1 unspecified atom stereocenters. The molecule has 0 bridgehead atoms. The number of hydrogen-bond donors (Lipinski definition) is 2. The third kappa shape index (κ3) is 4.38. The molecule has 1 aromatic carbocycles. The minimum absolute atomic E-state index is 0.107. The van der Waals surface area contributed by atoms with Gasteiger partial charge in [-0.3, -0.25) is 10.8 Å². The van der Waals surface area contributed by atoms with E-state index in [0.717, 1.165) is 24.9 Å². The highest BCUT2D eigenvalue weighted by molar-refractivity contribution is 14.1. The molecule has 2 aromatic rings. The first-order chi connectivity index (χ1) is 10.0. The first-order valence-electron chi connectivity index (χ1n) is 6.54. The van der Waals surface area contributed by atoms with Crippen LogP contribution in [0.4, 0.5) is 0 Å². The van der Waals surface area contributed by atoms with Crippen LogP contribution < -0.4 is 16.0 Å². The topological polar surface area (TPSA) is 60.2 Å². The Labute approximate surface area is 146 Å². The van der Waals surface area contributed by atoms with Crippen LogP contribution >= 0.6 is 38.5 Å². The van der Waals surface area contributed by atoms with Crippen LogP contribution in [0.1, 0.15) is 31.0 Å². The number of rotatable bonds is 5. The second-order valence-electron chi connectivity index (χ2n) is 4.89. The Kier molecular flexibility index (Phi) is 5.98. The Hall–Kier alpha value is -0.700. The van der Waals surface area contributed by atoms with E-state index in [1.807, 2.05) is 32.0 Å². The van der Waals surface area contributed by atoms with Gasteiger partial charge in [0.05, 0.1) is 18.3 Å². The lowest BCUT2D eigenvalue weighted by Crippen LogP contribution is -2.29. The average Bonchev–Trinajstić information content (AvgIpc) is 2.43. The van der Waals surface area contributed by atoms with Crippen molar-refractivity contribution in [2.45, 2.75) is 26.0 Å². The van der Waals surface area contributed by atoms with E-state index in [0.29, 0.717) is 0 Å². The van der Waals surface area contributed by atoms with Gasteiger partial charge in [0.1, 0.15) is 5.75 Å². The zero-order valence-corrected chi connectivity index (χ0v) is 15.6. The molecule has 3 N–H and O–H groups in total. The van der Waals surface area contributed by atoms with Crippen LogP contribution in [0.25, 0.3) is 0 Å². The third-order valence-electron chi connectivity index (χ3n) is 2.88. The number of nitrogens with one attached hydrogen (secondary N) is 1. The fraction of sp³-hybridized carbons (Fsp3) is 0.267. The number of hydrazine groups is 1. The van der Waals surface area contributed by atoms with Crippen LogP contribution in [0, 0.1) is 3.57 Å². The molecule has 2 rings (SSSR count). The lowest BCUT2D eigenvalue weighted by atomic mass is 10.0. The van der Waals surface area contributed by atoms with Gasteiger partial charge in [-0.2, -0.15) is 0 Å². The van der Waals surface area contributed by atoms with E-state index in [2.05, 4.69) is 55.0 Å². The standard InChI is InChI=1S/C15H17BrIN3O/c1-9(2)21-12-5-10(7-19-8-12)15(20-18)13-6-11(17)3-4-14(13)16/h3-9,15,20H,18H2,1-2H3. The third-order valence-corrected chi connectivity index (χ3v) is 4.27. The molecule has 0 aliphatic rings. The van der Waals surface area contributed by atoms with Crippen LogP contribution in [0.3, 0.4) is 0 Å². The molecule has 0 spiro atoms. The molecule has 4 nitrogen and oxygen atoms in total. The summed E-state index contributed by atoms with van der Waals surface area (Å²) in [5.41, 5.74) is 4.87. The molecule has 0 aliphatic carbocycles. The highest BCUT2D eigenvalue weighted by atomic mass is 127. The number of ether oxygens (including phenoxy) is 1. The second-order valence-corrected chi connectivity index (χ2v) is 6.99. The van der Waals surface area contributed by atoms with Crippen molar-refractivity contribution in [2.24, 2.45) is 5.84 Å². The van der Waals surface area contributed by atoms with Gasteiger partial charge in [0, 0.05) is 14.2 Å². The molecule has 112 valence electrons. The van der Waals surface area contributed by atoms with Crippen molar-refractivity contribution < 1.29 is 4.74 Å². The quantitative estimate of drug-likeness (QED) is 0.404. The number of halogens is 2. The van der Waals surface area contributed by atoms with Crippen LogP contribution in [-0.4, -0.2) is 11.1 Å². The van der Waals surface area contributed by atoms with Crippen molar-refractivity contribution in [1.29, 1.82) is 0 Å². The summed E-state index contributed by atoms with van der Waals surface area (Å²) in [6.45, 7) is 3.98. The molecule has 0 amide bonds. The van der Waals surface area contributed by atoms with Gasteiger partial charge < -0.3 is 4.74 Å². The Morgan fingerprint density at radius 3 is 2.71 bits per heavy atom. The molecule has 0 saturated heterocycles. The van der Waals surface area contributed by atoms with Crippen molar-refractivity contribution in [1.82, 2.24) is 10.4 Å².